The lowest BCUT2D eigenvalue weighted by Crippen LogP contribution is -2.33. The monoisotopic (exact) mass is 483 g/mol. The van der Waals surface area contributed by atoms with Crippen molar-refractivity contribution < 1.29 is 33.9 Å². The van der Waals surface area contributed by atoms with E-state index < -0.39 is 6.10 Å². The van der Waals surface area contributed by atoms with Crippen molar-refractivity contribution in [2.75, 3.05) is 26.3 Å². The number of aliphatic hydroxyl groups is 2. The van der Waals surface area contributed by atoms with Crippen LogP contribution >= 0.6 is 0 Å². The van der Waals surface area contributed by atoms with Crippen molar-refractivity contribution in [2.45, 2.75) is 31.8 Å². The molecule has 1 aliphatic heterocycles. The van der Waals surface area contributed by atoms with Gasteiger partial charge in [0, 0.05) is 12.1 Å². The second kappa shape index (κ2) is 12.0. The van der Waals surface area contributed by atoms with E-state index in [0.29, 0.717) is 55.5 Å². The number of halogens is 1. The second-order valence-corrected chi connectivity index (χ2v) is 8.49. The molecular weight excluding hydrogens is 453 g/mol. The van der Waals surface area contributed by atoms with Gasteiger partial charge in [0.25, 0.3) is 0 Å². The Balaban J connectivity index is 1.21. The topological polar surface area (TPSA) is 100 Å². The number of phenols is 1. The summed E-state index contributed by atoms with van der Waals surface area (Å²) in [5.74, 6) is 1.10. The van der Waals surface area contributed by atoms with E-state index >= 15 is 0 Å². The van der Waals surface area contributed by atoms with E-state index in [0.717, 1.165) is 17.5 Å². The van der Waals surface area contributed by atoms with Gasteiger partial charge < -0.3 is 34.8 Å². The zero-order valence-corrected chi connectivity index (χ0v) is 19.3. The number of hydrogen-bond donors (Lipinski definition) is 4. The molecule has 0 saturated heterocycles. The second-order valence-electron chi connectivity index (χ2n) is 8.49. The molecule has 0 spiro atoms. The van der Waals surface area contributed by atoms with Crippen LogP contribution < -0.4 is 14.8 Å². The van der Waals surface area contributed by atoms with Crippen LogP contribution in [-0.2, 0) is 24.4 Å². The summed E-state index contributed by atoms with van der Waals surface area (Å²) >= 11 is 0. The fraction of sp³-hybridized carbons (Fsp3) is 0.333. The minimum Gasteiger partial charge on any atom is -0.508 e. The average molecular weight is 484 g/mol. The average Bonchev–Trinajstić information content (AvgIpc) is 2.87. The summed E-state index contributed by atoms with van der Waals surface area (Å²) in [5, 5.41) is 32.5. The maximum Gasteiger partial charge on any atom is 0.162 e. The lowest BCUT2D eigenvalue weighted by molar-refractivity contribution is 0.00265. The third-order valence-electron chi connectivity index (χ3n) is 5.80. The van der Waals surface area contributed by atoms with Crippen LogP contribution in [0.25, 0.3) is 0 Å². The molecule has 7 nitrogen and oxygen atoms in total. The molecule has 1 heterocycles. The quantitative estimate of drug-likeness (QED) is 0.311. The molecule has 0 fully saturated rings. The zero-order valence-electron chi connectivity index (χ0n) is 19.3. The molecular formula is C27H30FNO6. The predicted molar refractivity (Wildman–Crippen MR) is 128 cm³/mol. The Bertz CT molecular complexity index is 1110. The molecule has 0 bridgehead atoms. The number of ether oxygens (including phenoxy) is 3. The maximum absolute atomic E-state index is 13.0. The Kier molecular flexibility index (Phi) is 8.54. The van der Waals surface area contributed by atoms with Gasteiger partial charge in [-0.3, -0.25) is 0 Å². The first-order valence-corrected chi connectivity index (χ1v) is 11.6. The van der Waals surface area contributed by atoms with E-state index in [-0.39, 0.29) is 24.3 Å². The van der Waals surface area contributed by atoms with Crippen LogP contribution in [0.3, 0.4) is 0 Å². The van der Waals surface area contributed by atoms with Gasteiger partial charge in [-0.2, -0.15) is 0 Å². The van der Waals surface area contributed by atoms with Crippen LogP contribution in [0.4, 0.5) is 4.39 Å². The van der Waals surface area contributed by atoms with Crippen LogP contribution in [0.15, 0.2) is 60.7 Å². The predicted octanol–water partition coefficient (Wildman–Crippen LogP) is 3.25. The van der Waals surface area contributed by atoms with E-state index in [1.165, 1.54) is 18.2 Å². The van der Waals surface area contributed by atoms with Gasteiger partial charge in [0.1, 0.15) is 18.2 Å². The largest absolute Gasteiger partial charge is 0.508 e. The number of aromatic hydroxyl groups is 1. The number of rotatable bonds is 11. The van der Waals surface area contributed by atoms with Gasteiger partial charge in [-0.25, -0.2) is 4.39 Å². The number of nitrogens with one attached hydrogen (secondary N) is 1. The lowest BCUT2D eigenvalue weighted by Gasteiger charge is -2.27. The zero-order chi connectivity index (χ0) is 24.6. The highest BCUT2D eigenvalue weighted by molar-refractivity contribution is 5.44. The highest BCUT2D eigenvalue weighted by Gasteiger charge is 2.21. The van der Waals surface area contributed by atoms with Crippen LogP contribution in [0.1, 0.15) is 28.4 Å². The normalized spacial score (nSPS) is 15.7. The standard InChI is InChI=1S/C27H30FNO6/c28-22-5-1-19(2-6-22)15-33-16-23-17-34-26-8-3-18(11-27(26)35-23)9-10-29-13-25(32)20-4-7-24(31)21(12-20)14-30/h1-8,11-12,23,25,29-32H,9-10,13-17H2/t23-,25+/m1/s1. The van der Waals surface area contributed by atoms with Gasteiger partial charge in [-0.15, -0.1) is 0 Å². The Hall–Kier alpha value is -3.17. The van der Waals surface area contributed by atoms with Crippen LogP contribution in [0, 0.1) is 5.82 Å². The molecule has 4 rings (SSSR count). The van der Waals surface area contributed by atoms with Crippen molar-refractivity contribution in [1.29, 1.82) is 0 Å². The van der Waals surface area contributed by atoms with Crippen LogP contribution in [-0.4, -0.2) is 47.7 Å². The van der Waals surface area contributed by atoms with Crippen molar-refractivity contribution in [2.24, 2.45) is 0 Å². The third kappa shape index (κ3) is 6.93. The fourth-order valence-electron chi connectivity index (χ4n) is 3.82. The van der Waals surface area contributed by atoms with Crippen molar-refractivity contribution in [3.63, 3.8) is 0 Å². The van der Waals surface area contributed by atoms with Gasteiger partial charge in [0.2, 0.25) is 0 Å². The Morgan fingerprint density at radius 1 is 1.03 bits per heavy atom. The van der Waals surface area contributed by atoms with Crippen molar-refractivity contribution in [3.8, 4) is 17.2 Å². The summed E-state index contributed by atoms with van der Waals surface area (Å²) in [6.45, 7) is 1.82. The van der Waals surface area contributed by atoms with Crippen LogP contribution in [0.2, 0.25) is 0 Å². The van der Waals surface area contributed by atoms with E-state index in [1.54, 1.807) is 24.3 Å². The van der Waals surface area contributed by atoms with Crippen molar-refractivity contribution in [1.82, 2.24) is 5.32 Å². The van der Waals surface area contributed by atoms with Crippen molar-refractivity contribution >= 4 is 0 Å². The molecule has 0 saturated carbocycles. The Morgan fingerprint density at radius 3 is 2.63 bits per heavy atom. The molecule has 0 amide bonds. The van der Waals surface area contributed by atoms with Gasteiger partial charge in [0.05, 0.1) is 25.9 Å². The summed E-state index contributed by atoms with van der Waals surface area (Å²) in [7, 11) is 0. The lowest BCUT2D eigenvalue weighted by atomic mass is 10.1. The molecule has 186 valence electrons. The highest BCUT2D eigenvalue weighted by atomic mass is 19.1. The molecule has 0 unspecified atom stereocenters. The number of benzene rings is 3. The minimum absolute atomic E-state index is 0.0108. The highest BCUT2D eigenvalue weighted by Crippen LogP contribution is 2.33. The van der Waals surface area contributed by atoms with Gasteiger partial charge in [0.15, 0.2) is 17.6 Å². The summed E-state index contributed by atoms with van der Waals surface area (Å²) in [6, 6.07) is 16.7. The number of aliphatic hydroxyl groups excluding tert-OH is 2. The smallest absolute Gasteiger partial charge is 0.162 e. The van der Waals surface area contributed by atoms with E-state index in [1.807, 2.05) is 18.2 Å². The molecule has 2 atom stereocenters. The molecule has 3 aromatic carbocycles. The van der Waals surface area contributed by atoms with Gasteiger partial charge in [-0.05, 0) is 66.1 Å². The Labute approximate surface area is 203 Å². The van der Waals surface area contributed by atoms with Crippen molar-refractivity contribution in [3.05, 3.63) is 88.7 Å². The SMILES string of the molecule is OCc1cc([C@@H](O)CNCCc2ccc3c(c2)O[C@H](COCc2ccc(F)cc2)CO3)ccc1O. The molecule has 3 aromatic rings. The summed E-state index contributed by atoms with van der Waals surface area (Å²) in [4.78, 5) is 0. The summed E-state index contributed by atoms with van der Waals surface area (Å²) in [5.41, 5.74) is 2.97. The minimum atomic E-state index is -0.753. The van der Waals surface area contributed by atoms with Gasteiger partial charge in [-0.1, -0.05) is 24.3 Å². The van der Waals surface area contributed by atoms with Gasteiger partial charge >= 0.3 is 0 Å². The first kappa shape index (κ1) is 24.9. The molecule has 0 aliphatic carbocycles. The number of fused-ring (bicyclic) bond motifs is 1. The first-order chi connectivity index (χ1) is 17.0. The summed E-state index contributed by atoms with van der Waals surface area (Å²) in [6.07, 6.45) is -0.260. The van der Waals surface area contributed by atoms with E-state index in [9.17, 15) is 19.7 Å². The molecule has 4 N–H and O–H groups in total. The fourth-order valence-corrected chi connectivity index (χ4v) is 3.82. The first-order valence-electron chi connectivity index (χ1n) is 11.6. The summed E-state index contributed by atoms with van der Waals surface area (Å²) < 4.78 is 30.6. The van der Waals surface area contributed by atoms with E-state index in [4.69, 9.17) is 14.2 Å². The van der Waals surface area contributed by atoms with E-state index in [2.05, 4.69) is 5.32 Å². The number of hydrogen-bond acceptors (Lipinski definition) is 7. The molecule has 0 aromatic heterocycles. The molecule has 8 heteroatoms. The van der Waals surface area contributed by atoms with Crippen LogP contribution in [0.5, 0.6) is 17.2 Å². The molecule has 35 heavy (non-hydrogen) atoms. The third-order valence-corrected chi connectivity index (χ3v) is 5.80. The maximum atomic E-state index is 13.0. The molecule has 1 aliphatic rings. The Morgan fingerprint density at radius 2 is 1.83 bits per heavy atom. The molecule has 0 radical (unpaired) electrons.